The van der Waals surface area contributed by atoms with Crippen molar-refractivity contribution >= 4 is 5.97 Å². The molecule has 6 nitrogen and oxygen atoms in total. The van der Waals surface area contributed by atoms with Gasteiger partial charge in [-0.15, -0.1) is 0 Å². The molecule has 0 aromatic carbocycles. The first-order chi connectivity index (χ1) is 9.97. The molecule has 0 atom stereocenters. The minimum atomic E-state index is -0.920. The molecule has 0 radical (unpaired) electrons. The van der Waals surface area contributed by atoms with E-state index in [4.69, 9.17) is 9.84 Å². The standard InChI is InChI=1S/C15H24N2O4/c1-4-5-8-21-9-6-7-17-12(3)13(10-14(18)19)11(2)16-15(17)20/h4-10H2,1-3H3,(H,18,19). The van der Waals surface area contributed by atoms with Crippen molar-refractivity contribution in [3.63, 3.8) is 0 Å². The summed E-state index contributed by atoms with van der Waals surface area (Å²) in [6, 6.07) is 0. The first-order valence-corrected chi connectivity index (χ1v) is 7.33. The van der Waals surface area contributed by atoms with Crippen molar-refractivity contribution in [2.24, 2.45) is 0 Å². The molecule has 1 rings (SSSR count). The summed E-state index contributed by atoms with van der Waals surface area (Å²) in [4.78, 5) is 26.7. The van der Waals surface area contributed by atoms with E-state index in [1.165, 1.54) is 4.57 Å². The zero-order valence-electron chi connectivity index (χ0n) is 13.0. The number of unbranched alkanes of at least 4 members (excludes halogenated alkanes) is 1. The SMILES string of the molecule is CCCCOCCCn1c(C)c(CC(=O)O)c(C)nc1=O. The summed E-state index contributed by atoms with van der Waals surface area (Å²) in [5, 5.41) is 8.94. The van der Waals surface area contributed by atoms with Crippen molar-refractivity contribution in [3.8, 4) is 0 Å². The van der Waals surface area contributed by atoms with Gasteiger partial charge in [-0.1, -0.05) is 13.3 Å². The average Bonchev–Trinajstić information content (AvgIpc) is 2.41. The third-order valence-electron chi connectivity index (χ3n) is 3.41. The van der Waals surface area contributed by atoms with Gasteiger partial charge in [0, 0.05) is 36.7 Å². The van der Waals surface area contributed by atoms with Crippen LogP contribution in [0.1, 0.15) is 43.1 Å². The van der Waals surface area contributed by atoms with Crippen LogP contribution < -0.4 is 5.69 Å². The van der Waals surface area contributed by atoms with E-state index in [2.05, 4.69) is 11.9 Å². The van der Waals surface area contributed by atoms with Gasteiger partial charge in [0.05, 0.1) is 6.42 Å². The van der Waals surface area contributed by atoms with E-state index in [0.29, 0.717) is 36.5 Å². The first kappa shape index (κ1) is 17.4. The van der Waals surface area contributed by atoms with Gasteiger partial charge in [0.25, 0.3) is 0 Å². The zero-order chi connectivity index (χ0) is 15.8. The largest absolute Gasteiger partial charge is 0.481 e. The van der Waals surface area contributed by atoms with Crippen LogP contribution in [-0.2, 0) is 22.5 Å². The van der Waals surface area contributed by atoms with Gasteiger partial charge in [0.15, 0.2) is 0 Å². The minimum absolute atomic E-state index is 0.113. The number of carboxylic acid groups (broad SMARTS) is 1. The second-order valence-corrected chi connectivity index (χ2v) is 5.09. The Kier molecular flexibility index (Phi) is 7.08. The summed E-state index contributed by atoms with van der Waals surface area (Å²) in [5.41, 5.74) is 1.47. The molecule has 1 heterocycles. The number of hydrogen-bond donors (Lipinski definition) is 1. The van der Waals surface area contributed by atoms with Crippen molar-refractivity contribution < 1.29 is 14.6 Å². The number of aliphatic carboxylic acids is 1. The fourth-order valence-electron chi connectivity index (χ4n) is 2.18. The van der Waals surface area contributed by atoms with Crippen molar-refractivity contribution in [2.75, 3.05) is 13.2 Å². The van der Waals surface area contributed by atoms with E-state index in [-0.39, 0.29) is 12.1 Å². The quantitative estimate of drug-likeness (QED) is 0.701. The smallest absolute Gasteiger partial charge is 0.347 e. The Bertz CT molecular complexity index is 537. The molecule has 0 saturated heterocycles. The molecule has 0 aliphatic carbocycles. The summed E-state index contributed by atoms with van der Waals surface area (Å²) in [7, 11) is 0. The fraction of sp³-hybridized carbons (Fsp3) is 0.667. The molecule has 0 amide bonds. The van der Waals surface area contributed by atoms with Crippen molar-refractivity contribution in [2.45, 2.75) is 53.0 Å². The van der Waals surface area contributed by atoms with E-state index >= 15 is 0 Å². The molecule has 1 N–H and O–H groups in total. The molecule has 0 fully saturated rings. The Morgan fingerprint density at radius 3 is 2.57 bits per heavy atom. The summed E-state index contributed by atoms with van der Waals surface area (Å²) >= 11 is 0. The number of rotatable bonds is 9. The fourth-order valence-corrected chi connectivity index (χ4v) is 2.18. The molecule has 0 bridgehead atoms. The number of aryl methyl sites for hydroxylation is 1. The molecule has 21 heavy (non-hydrogen) atoms. The van der Waals surface area contributed by atoms with Gasteiger partial charge in [-0.05, 0) is 26.7 Å². The number of carboxylic acids is 1. The molecule has 1 aromatic rings. The second-order valence-electron chi connectivity index (χ2n) is 5.09. The van der Waals surface area contributed by atoms with Crippen LogP contribution in [0.3, 0.4) is 0 Å². The van der Waals surface area contributed by atoms with Crippen LogP contribution in [0.25, 0.3) is 0 Å². The Morgan fingerprint density at radius 2 is 1.95 bits per heavy atom. The van der Waals surface area contributed by atoms with Crippen LogP contribution in [0.4, 0.5) is 0 Å². The normalized spacial score (nSPS) is 10.8. The van der Waals surface area contributed by atoms with Gasteiger partial charge in [-0.3, -0.25) is 9.36 Å². The molecule has 6 heteroatoms. The Hall–Kier alpha value is -1.69. The molecule has 0 unspecified atom stereocenters. The van der Waals surface area contributed by atoms with E-state index < -0.39 is 5.97 Å². The molecular formula is C15H24N2O4. The highest BCUT2D eigenvalue weighted by Gasteiger charge is 2.13. The topological polar surface area (TPSA) is 81.4 Å². The van der Waals surface area contributed by atoms with Gasteiger partial charge in [0.2, 0.25) is 0 Å². The number of carbonyl (C=O) groups is 1. The zero-order valence-corrected chi connectivity index (χ0v) is 13.0. The lowest BCUT2D eigenvalue weighted by Gasteiger charge is -2.14. The van der Waals surface area contributed by atoms with Crippen LogP contribution in [0, 0.1) is 13.8 Å². The van der Waals surface area contributed by atoms with Crippen LogP contribution in [0.5, 0.6) is 0 Å². The molecular weight excluding hydrogens is 272 g/mol. The molecule has 0 aliphatic heterocycles. The van der Waals surface area contributed by atoms with Crippen LogP contribution in [0.15, 0.2) is 4.79 Å². The Labute approximate surface area is 124 Å². The van der Waals surface area contributed by atoms with Gasteiger partial charge in [-0.2, -0.15) is 4.98 Å². The molecule has 0 spiro atoms. The van der Waals surface area contributed by atoms with Crippen LogP contribution >= 0.6 is 0 Å². The third-order valence-corrected chi connectivity index (χ3v) is 3.41. The lowest BCUT2D eigenvalue weighted by Crippen LogP contribution is -2.29. The third kappa shape index (κ3) is 5.30. The number of nitrogens with zero attached hydrogens (tertiary/aromatic N) is 2. The Morgan fingerprint density at radius 1 is 1.29 bits per heavy atom. The highest BCUT2D eigenvalue weighted by molar-refractivity contribution is 5.70. The summed E-state index contributed by atoms with van der Waals surface area (Å²) in [6.45, 7) is 7.37. The lowest BCUT2D eigenvalue weighted by atomic mass is 10.1. The highest BCUT2D eigenvalue weighted by Crippen LogP contribution is 2.10. The van der Waals surface area contributed by atoms with Gasteiger partial charge < -0.3 is 9.84 Å². The summed E-state index contributed by atoms with van der Waals surface area (Å²) in [6.07, 6.45) is 2.73. The molecule has 0 saturated carbocycles. The molecule has 1 aromatic heterocycles. The van der Waals surface area contributed by atoms with Crippen molar-refractivity contribution in [3.05, 3.63) is 27.4 Å². The molecule has 0 aliphatic rings. The Balaban J connectivity index is 2.73. The van der Waals surface area contributed by atoms with E-state index in [0.717, 1.165) is 19.4 Å². The average molecular weight is 296 g/mol. The maximum absolute atomic E-state index is 11.9. The maximum atomic E-state index is 11.9. The maximum Gasteiger partial charge on any atom is 0.347 e. The van der Waals surface area contributed by atoms with Crippen molar-refractivity contribution in [1.29, 1.82) is 0 Å². The predicted molar refractivity (Wildman–Crippen MR) is 79.7 cm³/mol. The van der Waals surface area contributed by atoms with Crippen LogP contribution in [0.2, 0.25) is 0 Å². The van der Waals surface area contributed by atoms with Crippen molar-refractivity contribution in [1.82, 2.24) is 9.55 Å². The highest BCUT2D eigenvalue weighted by atomic mass is 16.5. The number of ether oxygens (including phenoxy) is 1. The second kappa shape index (κ2) is 8.56. The number of aromatic nitrogens is 2. The number of hydrogen-bond acceptors (Lipinski definition) is 4. The lowest BCUT2D eigenvalue weighted by molar-refractivity contribution is -0.136. The van der Waals surface area contributed by atoms with Gasteiger partial charge >= 0.3 is 11.7 Å². The van der Waals surface area contributed by atoms with E-state index in [9.17, 15) is 9.59 Å². The summed E-state index contributed by atoms with van der Waals surface area (Å²) in [5.74, 6) is -0.920. The first-order valence-electron chi connectivity index (χ1n) is 7.33. The minimum Gasteiger partial charge on any atom is -0.481 e. The van der Waals surface area contributed by atoms with E-state index in [1.54, 1.807) is 13.8 Å². The van der Waals surface area contributed by atoms with E-state index in [1.807, 2.05) is 0 Å². The molecule has 118 valence electrons. The van der Waals surface area contributed by atoms with Gasteiger partial charge in [0.1, 0.15) is 0 Å². The van der Waals surface area contributed by atoms with Crippen LogP contribution in [-0.4, -0.2) is 33.8 Å². The van der Waals surface area contributed by atoms with Gasteiger partial charge in [-0.25, -0.2) is 4.79 Å². The predicted octanol–water partition coefficient (Wildman–Crippen LogP) is 1.69. The summed E-state index contributed by atoms with van der Waals surface area (Å²) < 4.78 is 7.00. The monoisotopic (exact) mass is 296 g/mol.